The van der Waals surface area contributed by atoms with Gasteiger partial charge in [-0.05, 0) is 67.9 Å². The summed E-state index contributed by atoms with van der Waals surface area (Å²) in [5, 5.41) is 1.03. The fourth-order valence-corrected chi connectivity index (χ4v) is 8.61. The molecule has 38 heavy (non-hydrogen) atoms. The van der Waals surface area contributed by atoms with Crippen molar-refractivity contribution in [2.24, 2.45) is 9.74 Å². The van der Waals surface area contributed by atoms with Crippen LogP contribution in [0.15, 0.2) is 70.4 Å². The zero-order valence-corrected chi connectivity index (χ0v) is 23.5. The first-order valence-corrected chi connectivity index (χ1v) is 14.8. The number of hydrogen-bond donors (Lipinski definition) is 0. The van der Waals surface area contributed by atoms with Crippen molar-refractivity contribution in [1.82, 2.24) is 4.67 Å². The Bertz CT molecular complexity index is 1460. The molecule has 6 rings (SSSR count). The van der Waals surface area contributed by atoms with Gasteiger partial charge in [0.05, 0.1) is 29.9 Å². The number of ether oxygens (including phenoxy) is 1. The van der Waals surface area contributed by atoms with Crippen molar-refractivity contribution in [3.05, 3.63) is 83.2 Å². The predicted octanol–water partition coefficient (Wildman–Crippen LogP) is 6.68. The number of hydrogen-bond acceptors (Lipinski definition) is 5. The summed E-state index contributed by atoms with van der Waals surface area (Å²) in [4.78, 5) is 7.37. The number of benzene rings is 3. The van der Waals surface area contributed by atoms with Crippen LogP contribution in [-0.2, 0) is 14.7 Å². The van der Waals surface area contributed by atoms with Crippen molar-refractivity contribution >= 4 is 35.7 Å². The lowest BCUT2D eigenvalue weighted by Crippen LogP contribution is -2.39. The molecule has 0 radical (unpaired) electrons. The maximum atomic E-state index is 13.8. The van der Waals surface area contributed by atoms with Crippen LogP contribution in [0.5, 0.6) is 0 Å². The molecule has 0 aliphatic carbocycles. The molecule has 3 aromatic rings. The van der Waals surface area contributed by atoms with Crippen LogP contribution in [0, 0.1) is 12.7 Å². The number of aliphatic imine (C=N–C) groups is 1. The Morgan fingerprint density at radius 2 is 1.71 bits per heavy atom. The largest absolute Gasteiger partial charge is 0.424 e. The van der Waals surface area contributed by atoms with E-state index in [-0.39, 0.29) is 11.2 Å². The van der Waals surface area contributed by atoms with Crippen molar-refractivity contribution in [3.8, 4) is 0 Å². The molecule has 1 fully saturated rings. The van der Waals surface area contributed by atoms with E-state index in [2.05, 4.69) is 80.7 Å². The van der Waals surface area contributed by atoms with Crippen LogP contribution >= 0.6 is 7.43 Å². The lowest BCUT2D eigenvalue weighted by atomic mass is 9.81. The summed E-state index contributed by atoms with van der Waals surface area (Å²) in [6.07, 6.45) is 0. The van der Waals surface area contributed by atoms with E-state index >= 15 is 0 Å². The van der Waals surface area contributed by atoms with Crippen LogP contribution in [0.4, 0.5) is 21.5 Å². The maximum Gasteiger partial charge on any atom is 0.242 e. The average molecular weight is 533 g/mol. The van der Waals surface area contributed by atoms with E-state index in [4.69, 9.17) is 19.0 Å². The summed E-state index contributed by atoms with van der Waals surface area (Å²) in [6, 6.07) is 19.4. The van der Waals surface area contributed by atoms with Gasteiger partial charge < -0.3 is 14.2 Å². The summed E-state index contributed by atoms with van der Waals surface area (Å²) >= 11 is 0. The molecule has 0 spiro atoms. The molecule has 8 heteroatoms. The van der Waals surface area contributed by atoms with Gasteiger partial charge in [-0.2, -0.15) is 0 Å². The molecule has 6 nitrogen and oxygen atoms in total. The highest BCUT2D eigenvalue weighted by molar-refractivity contribution is 7.68. The zero-order chi connectivity index (χ0) is 26.7. The number of morpholine rings is 1. The Morgan fingerprint density at radius 1 is 1.03 bits per heavy atom. The normalized spacial score (nSPS) is 24.3. The van der Waals surface area contributed by atoms with Crippen molar-refractivity contribution in [3.63, 3.8) is 0 Å². The Morgan fingerprint density at radius 3 is 2.39 bits per heavy atom. The van der Waals surface area contributed by atoms with E-state index in [9.17, 15) is 4.39 Å². The first-order valence-electron chi connectivity index (χ1n) is 13.2. The van der Waals surface area contributed by atoms with Gasteiger partial charge in [0.15, 0.2) is 0 Å². The van der Waals surface area contributed by atoms with Gasteiger partial charge in [-0.15, -0.1) is 0 Å². The van der Waals surface area contributed by atoms with Gasteiger partial charge in [0.25, 0.3) is 0 Å². The van der Waals surface area contributed by atoms with E-state index in [1.807, 2.05) is 0 Å². The number of likely N-dealkylation sites (N-methyl/N-ethyl adjacent to an activating group) is 1. The molecule has 0 unspecified atom stereocenters. The summed E-state index contributed by atoms with van der Waals surface area (Å²) in [5.74, 6) is 0.181. The topological polar surface area (TPSA) is 49.7 Å². The minimum Gasteiger partial charge on any atom is -0.424 e. The van der Waals surface area contributed by atoms with Crippen LogP contribution in [0.25, 0.3) is 0 Å². The molecular formula is C30H34FN4O2P. The Labute approximate surface area is 224 Å². The molecule has 3 aliphatic rings. The number of fused-ring (bicyclic) bond motifs is 2. The molecule has 3 aliphatic heterocycles. The third-order valence-corrected chi connectivity index (χ3v) is 11.4. The molecule has 2 atom stereocenters. The van der Waals surface area contributed by atoms with Crippen molar-refractivity contribution < 1.29 is 13.7 Å². The van der Waals surface area contributed by atoms with Crippen molar-refractivity contribution in [1.29, 1.82) is 0 Å². The average Bonchev–Trinajstić information content (AvgIpc) is 3.09. The lowest BCUT2D eigenvalue weighted by molar-refractivity contribution is 0.0716. The van der Waals surface area contributed by atoms with Crippen molar-refractivity contribution in [2.45, 2.75) is 39.2 Å². The van der Waals surface area contributed by atoms with Crippen LogP contribution in [0.3, 0.4) is 0 Å². The van der Waals surface area contributed by atoms with E-state index in [0.717, 1.165) is 22.2 Å². The fourth-order valence-electron chi connectivity index (χ4n) is 5.56. The number of nitrogens with zero attached hydrogens (tertiary/aromatic N) is 4. The third-order valence-electron chi connectivity index (χ3n) is 8.29. The minimum atomic E-state index is -2.82. The van der Waals surface area contributed by atoms with Gasteiger partial charge in [0.2, 0.25) is 13.3 Å². The molecule has 1 saturated heterocycles. The molecular weight excluding hydrogens is 498 g/mol. The SMILES string of the molecule is Cc1ccc(N=[P@@]2(N3CCOCC3)OC(c3ccc(F)cc3)=Nc3cc4c(cc32)C(C)(C)[C@@H](C)N4C)cc1. The number of anilines is 1. The van der Waals surface area contributed by atoms with E-state index < -0.39 is 7.43 Å². The quantitative estimate of drug-likeness (QED) is 0.353. The molecule has 0 aromatic heterocycles. The molecule has 0 saturated carbocycles. The van der Waals surface area contributed by atoms with Crippen LogP contribution in [0.1, 0.15) is 37.5 Å². The summed E-state index contributed by atoms with van der Waals surface area (Å²) in [7, 11) is -0.670. The van der Waals surface area contributed by atoms with Gasteiger partial charge in [-0.25, -0.2) is 18.8 Å². The van der Waals surface area contributed by atoms with Gasteiger partial charge >= 0.3 is 0 Å². The first kappa shape index (κ1) is 25.3. The van der Waals surface area contributed by atoms with E-state index in [1.165, 1.54) is 28.9 Å². The molecule has 198 valence electrons. The van der Waals surface area contributed by atoms with E-state index in [1.54, 1.807) is 12.1 Å². The summed E-state index contributed by atoms with van der Waals surface area (Å²) < 4.78 is 34.4. The van der Waals surface area contributed by atoms with Crippen LogP contribution in [0.2, 0.25) is 0 Å². The monoisotopic (exact) mass is 532 g/mol. The highest BCUT2D eigenvalue weighted by Crippen LogP contribution is 2.61. The van der Waals surface area contributed by atoms with Crippen LogP contribution < -0.4 is 10.2 Å². The second kappa shape index (κ2) is 9.33. The Kier molecular flexibility index (Phi) is 6.21. The fraction of sp³-hybridized carbons (Fsp3) is 0.367. The maximum absolute atomic E-state index is 13.8. The highest BCUT2D eigenvalue weighted by atomic mass is 31.2. The third kappa shape index (κ3) is 4.08. The molecule has 3 heterocycles. The highest BCUT2D eigenvalue weighted by Gasteiger charge is 2.46. The molecule has 0 amide bonds. The first-order chi connectivity index (χ1) is 18.2. The number of aryl methyl sites for hydroxylation is 1. The number of halogens is 1. The Hall–Kier alpha value is -2.99. The van der Waals surface area contributed by atoms with Gasteiger partial charge in [0, 0.05) is 42.8 Å². The lowest BCUT2D eigenvalue weighted by Gasteiger charge is -2.41. The van der Waals surface area contributed by atoms with Crippen LogP contribution in [-0.4, -0.2) is 50.0 Å². The second-order valence-electron chi connectivity index (χ2n) is 10.9. The van der Waals surface area contributed by atoms with Gasteiger partial charge in [0.1, 0.15) is 5.82 Å². The molecule has 0 bridgehead atoms. The molecule has 3 aromatic carbocycles. The summed E-state index contributed by atoms with van der Waals surface area (Å²) in [5.41, 5.74) is 6.06. The second-order valence-corrected chi connectivity index (χ2v) is 13.4. The standard InChI is InChI=1S/C30H34FN4O2P/c1-20-6-12-24(13-7-20)33-38(35-14-16-36-17-15-35)28-18-25-27(34(5)21(2)30(25,3)4)19-26(28)32-29(37-38)22-8-10-23(31)11-9-22/h6-13,18-19,21H,14-17H2,1-5H3/t21-,38+/m1/s1. The predicted molar refractivity (Wildman–Crippen MR) is 153 cm³/mol. The van der Waals surface area contributed by atoms with Gasteiger partial charge in [-0.1, -0.05) is 31.5 Å². The minimum absolute atomic E-state index is 0.0510. The Balaban J connectivity index is 1.65. The van der Waals surface area contributed by atoms with Crippen molar-refractivity contribution in [2.75, 3.05) is 38.3 Å². The zero-order valence-electron chi connectivity index (χ0n) is 22.6. The number of rotatable bonds is 3. The molecule has 0 N–H and O–H groups in total. The van der Waals surface area contributed by atoms with E-state index in [0.29, 0.717) is 38.2 Å². The summed E-state index contributed by atoms with van der Waals surface area (Å²) in [6.45, 7) is 11.6. The van der Waals surface area contributed by atoms with Gasteiger partial charge in [-0.3, -0.25) is 0 Å². The smallest absolute Gasteiger partial charge is 0.242 e.